The van der Waals surface area contributed by atoms with Crippen molar-refractivity contribution >= 4 is 23.4 Å². The second-order valence-electron chi connectivity index (χ2n) is 2.12. The molecule has 2 rings (SSSR count). The fraction of sp³-hybridized carbons (Fsp3) is 0. The Morgan fingerprint density at radius 3 is 3.00 bits per heavy atom. The van der Waals surface area contributed by atoms with Gasteiger partial charge in [0, 0.05) is 6.20 Å². The van der Waals surface area contributed by atoms with E-state index in [1.165, 1.54) is 6.20 Å². The van der Waals surface area contributed by atoms with Crippen molar-refractivity contribution in [2.45, 2.75) is 0 Å². The zero-order valence-corrected chi connectivity index (χ0v) is 6.84. The number of halogens is 1. The number of fused-ring (bicyclic) bond motifs is 1. The van der Waals surface area contributed by atoms with E-state index in [0.717, 1.165) is 0 Å². The van der Waals surface area contributed by atoms with Crippen LogP contribution in [0.2, 0.25) is 0 Å². The van der Waals surface area contributed by atoms with Gasteiger partial charge in [0.25, 0.3) is 0 Å². The summed E-state index contributed by atoms with van der Waals surface area (Å²) in [7, 11) is 0. The predicted octanol–water partition coefficient (Wildman–Crippen LogP) is 0.740. The van der Waals surface area contributed by atoms with Gasteiger partial charge < -0.3 is 4.98 Å². The molecule has 2 aromatic rings. The molecule has 0 saturated carbocycles. The van der Waals surface area contributed by atoms with Crippen molar-refractivity contribution in [1.82, 2.24) is 15.0 Å². The largest absolute Gasteiger partial charge is 0.345 e. The van der Waals surface area contributed by atoms with Crippen molar-refractivity contribution in [3.63, 3.8) is 0 Å². The molecule has 1 N–H and O–H groups in total. The number of pyridine rings is 1. The molecule has 0 radical (unpaired) electrons. The maximum absolute atomic E-state index is 10.7. The van der Waals surface area contributed by atoms with Crippen molar-refractivity contribution in [1.29, 1.82) is 0 Å². The summed E-state index contributed by atoms with van der Waals surface area (Å²) in [6, 6.07) is 3.55. The quantitative estimate of drug-likeness (QED) is 0.656. The number of hydrogen-bond donors (Lipinski definition) is 1. The van der Waals surface area contributed by atoms with E-state index in [0.29, 0.717) is 11.0 Å². The van der Waals surface area contributed by atoms with Crippen LogP contribution >= 0.6 is 12.4 Å². The van der Waals surface area contributed by atoms with Crippen molar-refractivity contribution < 1.29 is 0 Å². The molecule has 5 heteroatoms. The fourth-order valence-electron chi connectivity index (χ4n) is 0.893. The maximum Gasteiger partial charge on any atom is 0.345 e. The van der Waals surface area contributed by atoms with Crippen LogP contribution in [0, 0.1) is 0 Å². The first kappa shape index (κ1) is 8.67. The van der Waals surface area contributed by atoms with Crippen LogP contribution in [0.3, 0.4) is 0 Å². The Bertz CT molecular complexity index is 440. The molecule has 4 nitrogen and oxygen atoms in total. The highest BCUT2D eigenvalue weighted by Crippen LogP contribution is 2.00. The molecule has 0 aliphatic heterocycles. The topological polar surface area (TPSA) is 58.6 Å². The second-order valence-corrected chi connectivity index (χ2v) is 2.12. The Morgan fingerprint density at radius 1 is 1.33 bits per heavy atom. The van der Waals surface area contributed by atoms with Crippen LogP contribution in [-0.2, 0) is 0 Å². The van der Waals surface area contributed by atoms with Crippen LogP contribution in [0.15, 0.2) is 29.3 Å². The number of rotatable bonds is 0. The molecule has 0 saturated heterocycles. The smallest absolute Gasteiger partial charge is 0.304 e. The number of nitrogens with one attached hydrogen (secondary N) is 1. The van der Waals surface area contributed by atoms with Gasteiger partial charge in [0.2, 0.25) is 0 Å². The minimum absolute atomic E-state index is 0. The summed E-state index contributed by atoms with van der Waals surface area (Å²) in [5, 5.41) is 0. The van der Waals surface area contributed by atoms with E-state index in [-0.39, 0.29) is 18.1 Å². The van der Waals surface area contributed by atoms with Crippen LogP contribution in [0.5, 0.6) is 0 Å². The molecular formula is C7H6ClN3O. The molecule has 0 aliphatic rings. The summed E-state index contributed by atoms with van der Waals surface area (Å²) in [5.74, 6) is 0. The monoisotopic (exact) mass is 183 g/mol. The van der Waals surface area contributed by atoms with E-state index in [2.05, 4.69) is 15.0 Å². The maximum atomic E-state index is 10.7. The standard InChI is InChI=1S/C7H5N3O.ClH/c11-7-9-4-6-5(10-7)2-1-3-8-6;/h1-4H,(H,9,10,11);1H. The number of nitrogens with zero attached hydrogens (tertiary/aromatic N) is 2. The van der Waals surface area contributed by atoms with Gasteiger partial charge in [0.1, 0.15) is 5.52 Å². The predicted molar refractivity (Wildman–Crippen MR) is 47.4 cm³/mol. The Hall–Kier alpha value is -1.42. The lowest BCUT2D eigenvalue weighted by molar-refractivity contribution is 1.11. The fourth-order valence-corrected chi connectivity index (χ4v) is 0.893. The molecule has 2 aromatic heterocycles. The number of hydrogen-bond acceptors (Lipinski definition) is 3. The molecule has 0 aliphatic carbocycles. The Morgan fingerprint density at radius 2 is 2.17 bits per heavy atom. The Kier molecular flexibility index (Phi) is 2.40. The molecule has 0 aromatic carbocycles. The van der Waals surface area contributed by atoms with Crippen LogP contribution < -0.4 is 5.69 Å². The second kappa shape index (κ2) is 3.32. The first-order valence-electron chi connectivity index (χ1n) is 3.16. The molecule has 0 atom stereocenters. The lowest BCUT2D eigenvalue weighted by Gasteiger charge is -1.91. The van der Waals surface area contributed by atoms with E-state index < -0.39 is 0 Å². The van der Waals surface area contributed by atoms with E-state index >= 15 is 0 Å². The zero-order chi connectivity index (χ0) is 7.68. The van der Waals surface area contributed by atoms with Gasteiger partial charge >= 0.3 is 5.69 Å². The highest BCUT2D eigenvalue weighted by atomic mass is 35.5. The first-order valence-corrected chi connectivity index (χ1v) is 3.16. The normalized spacial score (nSPS) is 9.33. The summed E-state index contributed by atoms with van der Waals surface area (Å²) in [6.07, 6.45) is 3.11. The van der Waals surface area contributed by atoms with Crippen molar-refractivity contribution in [2.24, 2.45) is 0 Å². The molecule has 0 spiro atoms. The van der Waals surface area contributed by atoms with Crippen molar-refractivity contribution in [3.05, 3.63) is 35.0 Å². The molecule has 0 unspecified atom stereocenters. The summed E-state index contributed by atoms with van der Waals surface area (Å²) in [5.41, 5.74) is 1.07. The minimum atomic E-state index is -0.342. The average molecular weight is 184 g/mol. The van der Waals surface area contributed by atoms with Crippen LogP contribution in [-0.4, -0.2) is 15.0 Å². The number of aromatic amines is 1. The van der Waals surface area contributed by atoms with Crippen molar-refractivity contribution in [3.8, 4) is 0 Å². The summed E-state index contributed by atoms with van der Waals surface area (Å²) in [4.78, 5) is 20.8. The van der Waals surface area contributed by atoms with Crippen LogP contribution in [0.1, 0.15) is 0 Å². The third-order valence-corrected chi connectivity index (χ3v) is 1.38. The molecule has 12 heavy (non-hydrogen) atoms. The Balaban J connectivity index is 0.000000720. The molecule has 2 heterocycles. The average Bonchev–Trinajstić information content (AvgIpc) is 2.04. The van der Waals surface area contributed by atoms with E-state index in [4.69, 9.17) is 0 Å². The lowest BCUT2D eigenvalue weighted by Crippen LogP contribution is -2.08. The van der Waals surface area contributed by atoms with E-state index in [1.807, 2.05) is 0 Å². The SMILES string of the molecule is Cl.O=c1ncc2ncccc2[nH]1. The molecule has 0 bridgehead atoms. The van der Waals surface area contributed by atoms with Gasteiger partial charge in [-0.15, -0.1) is 12.4 Å². The van der Waals surface area contributed by atoms with Gasteiger partial charge in [-0.2, -0.15) is 4.98 Å². The van der Waals surface area contributed by atoms with Gasteiger partial charge in [-0.3, -0.25) is 4.98 Å². The van der Waals surface area contributed by atoms with E-state index in [9.17, 15) is 4.79 Å². The van der Waals surface area contributed by atoms with Crippen molar-refractivity contribution in [2.75, 3.05) is 0 Å². The summed E-state index contributed by atoms with van der Waals surface area (Å²) < 4.78 is 0. The van der Waals surface area contributed by atoms with Crippen LogP contribution in [0.4, 0.5) is 0 Å². The molecule has 62 valence electrons. The lowest BCUT2D eigenvalue weighted by atomic mass is 10.4. The van der Waals surface area contributed by atoms with Gasteiger partial charge in [-0.1, -0.05) is 0 Å². The molecule has 0 amide bonds. The third kappa shape index (κ3) is 1.43. The van der Waals surface area contributed by atoms with Gasteiger partial charge in [-0.05, 0) is 12.1 Å². The van der Waals surface area contributed by atoms with Crippen LogP contribution in [0.25, 0.3) is 11.0 Å². The van der Waals surface area contributed by atoms with Gasteiger partial charge in [0.05, 0.1) is 11.7 Å². The Labute approximate surface area is 74.1 Å². The van der Waals surface area contributed by atoms with Gasteiger partial charge in [0.15, 0.2) is 0 Å². The highest BCUT2D eigenvalue weighted by molar-refractivity contribution is 5.85. The summed E-state index contributed by atoms with van der Waals surface area (Å²) >= 11 is 0. The molecular weight excluding hydrogens is 178 g/mol. The summed E-state index contributed by atoms with van der Waals surface area (Å²) in [6.45, 7) is 0. The number of H-pyrrole nitrogens is 1. The highest BCUT2D eigenvalue weighted by Gasteiger charge is 1.91. The van der Waals surface area contributed by atoms with Gasteiger partial charge in [-0.25, -0.2) is 4.79 Å². The number of aromatic nitrogens is 3. The zero-order valence-electron chi connectivity index (χ0n) is 6.02. The minimum Gasteiger partial charge on any atom is -0.304 e. The van der Waals surface area contributed by atoms with E-state index in [1.54, 1.807) is 18.3 Å². The third-order valence-electron chi connectivity index (χ3n) is 1.38. The first-order chi connectivity index (χ1) is 5.36. The molecule has 0 fully saturated rings.